The zero-order valence-corrected chi connectivity index (χ0v) is 13.4. The van der Waals surface area contributed by atoms with Crippen LogP contribution in [-0.2, 0) is 0 Å². The summed E-state index contributed by atoms with van der Waals surface area (Å²) in [6.45, 7) is 2.33. The van der Waals surface area contributed by atoms with Crippen LogP contribution in [-0.4, -0.2) is 18.7 Å². The van der Waals surface area contributed by atoms with Gasteiger partial charge < -0.3 is 4.74 Å². The van der Waals surface area contributed by atoms with E-state index in [1.165, 1.54) is 6.21 Å². The van der Waals surface area contributed by atoms with Crippen LogP contribution in [0.15, 0.2) is 47.6 Å². The molecule has 0 fully saturated rings. The van der Waals surface area contributed by atoms with Crippen molar-refractivity contribution in [3.8, 4) is 5.75 Å². The van der Waals surface area contributed by atoms with E-state index in [0.717, 1.165) is 0 Å². The second kappa shape index (κ2) is 7.82. The Balaban J connectivity index is 2.12. The maximum atomic E-state index is 12.1. The van der Waals surface area contributed by atoms with Crippen LogP contribution in [0.3, 0.4) is 0 Å². The van der Waals surface area contributed by atoms with E-state index >= 15 is 0 Å². The number of nitrogens with zero attached hydrogens (tertiary/aromatic N) is 1. The fraction of sp³-hybridized carbons (Fsp3) is 0.125. The first-order chi connectivity index (χ1) is 10.6. The molecular weight excluding hydrogens is 323 g/mol. The van der Waals surface area contributed by atoms with E-state index in [1.807, 2.05) is 6.92 Å². The highest BCUT2D eigenvalue weighted by atomic mass is 35.5. The minimum Gasteiger partial charge on any atom is -0.493 e. The molecule has 0 aliphatic carbocycles. The lowest BCUT2D eigenvalue weighted by Crippen LogP contribution is -2.18. The number of para-hydroxylation sites is 1. The predicted octanol–water partition coefficient (Wildman–Crippen LogP) is 4.16. The van der Waals surface area contributed by atoms with Gasteiger partial charge in [0.1, 0.15) is 5.75 Å². The summed E-state index contributed by atoms with van der Waals surface area (Å²) >= 11 is 12.0. The number of hydrazone groups is 1. The van der Waals surface area contributed by atoms with E-state index in [9.17, 15) is 4.79 Å². The molecule has 1 amide bonds. The third-order valence-corrected chi connectivity index (χ3v) is 3.45. The van der Waals surface area contributed by atoms with Gasteiger partial charge in [-0.1, -0.05) is 41.4 Å². The molecule has 2 aromatic rings. The molecule has 22 heavy (non-hydrogen) atoms. The van der Waals surface area contributed by atoms with Crippen molar-refractivity contribution < 1.29 is 9.53 Å². The smallest absolute Gasteiger partial charge is 0.275 e. The quantitative estimate of drug-likeness (QED) is 0.658. The fourth-order valence-electron chi connectivity index (χ4n) is 1.79. The Morgan fingerprint density at radius 1 is 1.18 bits per heavy atom. The lowest BCUT2D eigenvalue weighted by atomic mass is 10.2. The SMILES string of the molecule is CCOc1ccccc1C(=O)N/N=C/c1c(Cl)cccc1Cl. The van der Waals surface area contributed by atoms with Crippen molar-refractivity contribution in [1.82, 2.24) is 5.43 Å². The van der Waals surface area contributed by atoms with Crippen molar-refractivity contribution in [3.63, 3.8) is 0 Å². The van der Waals surface area contributed by atoms with Crippen molar-refractivity contribution in [3.05, 3.63) is 63.6 Å². The molecule has 4 nitrogen and oxygen atoms in total. The first kappa shape index (κ1) is 16.3. The standard InChI is InChI=1S/C16H14Cl2N2O2/c1-2-22-15-9-4-3-6-11(15)16(21)20-19-10-12-13(17)7-5-8-14(12)18/h3-10H,2H2,1H3,(H,20,21)/b19-10+. The van der Waals surface area contributed by atoms with Crippen molar-refractivity contribution in [2.24, 2.45) is 5.10 Å². The van der Waals surface area contributed by atoms with Crippen molar-refractivity contribution in [2.45, 2.75) is 6.92 Å². The van der Waals surface area contributed by atoms with Crippen LogP contribution in [0.5, 0.6) is 5.75 Å². The number of amides is 1. The van der Waals surface area contributed by atoms with Gasteiger partial charge in [-0.05, 0) is 31.2 Å². The first-order valence-electron chi connectivity index (χ1n) is 6.62. The summed E-state index contributed by atoms with van der Waals surface area (Å²) in [7, 11) is 0. The van der Waals surface area contributed by atoms with Crippen LogP contribution in [0.4, 0.5) is 0 Å². The fourth-order valence-corrected chi connectivity index (χ4v) is 2.28. The average Bonchev–Trinajstić information content (AvgIpc) is 2.51. The molecule has 114 valence electrons. The largest absolute Gasteiger partial charge is 0.493 e. The highest BCUT2D eigenvalue weighted by molar-refractivity contribution is 6.38. The van der Waals surface area contributed by atoms with E-state index in [1.54, 1.807) is 42.5 Å². The Kier molecular flexibility index (Phi) is 5.81. The lowest BCUT2D eigenvalue weighted by Gasteiger charge is -2.08. The molecule has 6 heteroatoms. The maximum absolute atomic E-state index is 12.1. The van der Waals surface area contributed by atoms with Crippen LogP contribution in [0.1, 0.15) is 22.8 Å². The molecule has 0 bridgehead atoms. The summed E-state index contributed by atoms with van der Waals surface area (Å²) in [6, 6.07) is 12.1. The molecule has 0 unspecified atom stereocenters. The molecule has 0 spiro atoms. The van der Waals surface area contributed by atoms with Gasteiger partial charge in [0.05, 0.1) is 28.4 Å². The van der Waals surface area contributed by atoms with E-state index < -0.39 is 0 Å². The van der Waals surface area contributed by atoms with Crippen molar-refractivity contribution in [1.29, 1.82) is 0 Å². The van der Waals surface area contributed by atoms with Crippen LogP contribution < -0.4 is 10.2 Å². The molecule has 0 atom stereocenters. The molecule has 2 aromatic carbocycles. The van der Waals surface area contributed by atoms with Gasteiger partial charge in [0, 0.05) is 5.56 Å². The second-order valence-electron chi connectivity index (χ2n) is 4.26. The van der Waals surface area contributed by atoms with Crippen LogP contribution >= 0.6 is 23.2 Å². The summed E-state index contributed by atoms with van der Waals surface area (Å²) in [6.07, 6.45) is 1.41. The summed E-state index contributed by atoms with van der Waals surface area (Å²) in [5, 5.41) is 4.81. The molecule has 0 aliphatic rings. The average molecular weight is 337 g/mol. The highest BCUT2D eigenvalue weighted by Crippen LogP contribution is 2.22. The number of hydrogen-bond acceptors (Lipinski definition) is 3. The third-order valence-electron chi connectivity index (χ3n) is 2.79. The van der Waals surface area contributed by atoms with Gasteiger partial charge in [-0.25, -0.2) is 5.43 Å². The Hall–Kier alpha value is -2.04. The van der Waals surface area contributed by atoms with Crippen molar-refractivity contribution in [2.75, 3.05) is 6.61 Å². The predicted molar refractivity (Wildman–Crippen MR) is 89.1 cm³/mol. The van der Waals surface area contributed by atoms with Crippen LogP contribution in [0.2, 0.25) is 10.0 Å². The van der Waals surface area contributed by atoms with E-state index in [-0.39, 0.29) is 5.91 Å². The van der Waals surface area contributed by atoms with E-state index in [4.69, 9.17) is 27.9 Å². The van der Waals surface area contributed by atoms with Gasteiger partial charge in [0.2, 0.25) is 0 Å². The molecule has 0 saturated heterocycles. The topological polar surface area (TPSA) is 50.7 Å². The zero-order valence-electron chi connectivity index (χ0n) is 11.8. The molecule has 2 rings (SSSR count). The number of ether oxygens (including phenoxy) is 1. The minimum absolute atomic E-state index is 0.372. The highest BCUT2D eigenvalue weighted by Gasteiger charge is 2.11. The second-order valence-corrected chi connectivity index (χ2v) is 5.08. The number of carbonyl (C=O) groups is 1. The molecule has 1 N–H and O–H groups in total. The van der Waals surface area contributed by atoms with Gasteiger partial charge in [0.25, 0.3) is 5.91 Å². The van der Waals surface area contributed by atoms with Gasteiger partial charge in [-0.15, -0.1) is 0 Å². The third kappa shape index (κ3) is 4.00. The van der Waals surface area contributed by atoms with E-state index in [2.05, 4.69) is 10.5 Å². The zero-order chi connectivity index (χ0) is 15.9. The molecule has 0 aromatic heterocycles. The maximum Gasteiger partial charge on any atom is 0.275 e. The number of rotatable bonds is 5. The Morgan fingerprint density at radius 3 is 2.55 bits per heavy atom. The summed E-state index contributed by atoms with van der Waals surface area (Å²) < 4.78 is 5.41. The number of hydrogen-bond donors (Lipinski definition) is 1. The molecule has 0 saturated carbocycles. The van der Waals surface area contributed by atoms with Gasteiger partial charge in [-0.2, -0.15) is 5.10 Å². The Morgan fingerprint density at radius 2 is 1.86 bits per heavy atom. The minimum atomic E-state index is -0.372. The number of carbonyl (C=O) groups excluding carboxylic acids is 1. The molecular formula is C16H14Cl2N2O2. The summed E-state index contributed by atoms with van der Waals surface area (Å²) in [4.78, 5) is 12.1. The van der Waals surface area contributed by atoms with E-state index in [0.29, 0.717) is 33.5 Å². The summed E-state index contributed by atoms with van der Waals surface area (Å²) in [5.41, 5.74) is 3.39. The van der Waals surface area contributed by atoms with Gasteiger partial charge >= 0.3 is 0 Å². The van der Waals surface area contributed by atoms with Gasteiger partial charge in [-0.3, -0.25) is 4.79 Å². The summed E-state index contributed by atoms with van der Waals surface area (Å²) in [5.74, 6) is 0.136. The Bertz CT molecular complexity index is 682. The number of nitrogens with one attached hydrogen (secondary N) is 1. The van der Waals surface area contributed by atoms with Crippen molar-refractivity contribution >= 4 is 35.3 Å². The number of halogens is 2. The normalized spacial score (nSPS) is 10.7. The molecule has 0 heterocycles. The Labute approximate surface area is 138 Å². The molecule has 0 radical (unpaired) electrons. The van der Waals surface area contributed by atoms with Crippen LogP contribution in [0, 0.1) is 0 Å². The molecule has 0 aliphatic heterocycles. The van der Waals surface area contributed by atoms with Crippen LogP contribution in [0.25, 0.3) is 0 Å². The lowest BCUT2D eigenvalue weighted by molar-refractivity contribution is 0.0951. The van der Waals surface area contributed by atoms with Gasteiger partial charge in [0.15, 0.2) is 0 Å². The monoisotopic (exact) mass is 336 g/mol. The number of benzene rings is 2. The first-order valence-corrected chi connectivity index (χ1v) is 7.38.